The van der Waals surface area contributed by atoms with Crippen molar-refractivity contribution in [1.82, 2.24) is 0 Å². The lowest BCUT2D eigenvalue weighted by Crippen LogP contribution is -2.51. The fourth-order valence-corrected chi connectivity index (χ4v) is 4.67. The van der Waals surface area contributed by atoms with Gasteiger partial charge in [0.1, 0.15) is 30.3 Å². The van der Waals surface area contributed by atoms with E-state index in [1.165, 1.54) is 33.8 Å². The van der Waals surface area contributed by atoms with Crippen LogP contribution < -0.4 is 4.74 Å². The van der Waals surface area contributed by atoms with Crippen LogP contribution in [-0.4, -0.2) is 199 Å². The number of methoxy groups -OCH3 is 1. The van der Waals surface area contributed by atoms with Crippen LogP contribution in [0.15, 0.2) is 185 Å². The second kappa shape index (κ2) is 91.6. The number of hydrogen-bond donors (Lipinski definition) is 0. The van der Waals surface area contributed by atoms with Crippen LogP contribution in [0.5, 0.6) is 5.75 Å². The summed E-state index contributed by atoms with van der Waals surface area (Å²) in [6, 6.07) is 2.99. The Hall–Kier alpha value is -12.2. The lowest BCUT2D eigenvalue weighted by atomic mass is 9.81. The molecule has 0 aromatic heterocycles. The summed E-state index contributed by atoms with van der Waals surface area (Å²) in [6.45, 7) is 70.3. The number of halogens is 22. The first-order valence-electron chi connectivity index (χ1n) is 39.9. The molecule has 0 saturated carbocycles. The van der Waals surface area contributed by atoms with Crippen LogP contribution in [0, 0.1) is 11.3 Å². The Balaban J connectivity index is -0.0000000872. The largest absolute Gasteiger partial charge is 0.464 e. The number of ether oxygens (including phenoxy) is 11. The molecule has 1 aromatic carbocycles. The van der Waals surface area contributed by atoms with Gasteiger partial charge in [0.2, 0.25) is 17.5 Å². The first-order valence-corrected chi connectivity index (χ1v) is 39.9. The molecule has 0 radical (unpaired) electrons. The van der Waals surface area contributed by atoms with Crippen molar-refractivity contribution in [3.05, 3.63) is 190 Å². The molecule has 0 amide bonds. The van der Waals surface area contributed by atoms with Crippen LogP contribution in [0.3, 0.4) is 0 Å². The maximum atomic E-state index is 12.9. The van der Waals surface area contributed by atoms with Crippen LogP contribution >= 0.6 is 0 Å². The van der Waals surface area contributed by atoms with Crippen LogP contribution in [0.4, 0.5) is 96.6 Å². The highest BCUT2D eigenvalue weighted by atomic mass is 19.4. The minimum atomic E-state index is -5.53. The van der Waals surface area contributed by atoms with E-state index in [4.69, 9.17) is 14.2 Å². The van der Waals surface area contributed by atoms with E-state index in [2.05, 4.69) is 123 Å². The molecule has 25 nitrogen and oxygen atoms in total. The normalized spacial score (nSPS) is 9.91. The van der Waals surface area contributed by atoms with E-state index < -0.39 is 155 Å². The molecule has 0 bridgehead atoms. The Morgan fingerprint density at radius 2 is 0.631 bits per heavy atom. The summed E-state index contributed by atoms with van der Waals surface area (Å²) in [4.78, 5) is 143. The number of esters is 9. The molecular formula is C94H138F22O25. The fraction of sp³-hybridized carbons (Fsp3) is 0.511. The molecule has 0 aliphatic heterocycles. The summed E-state index contributed by atoms with van der Waals surface area (Å²) in [5, 5.41) is 0. The van der Waals surface area contributed by atoms with E-state index in [0.29, 0.717) is 62.7 Å². The van der Waals surface area contributed by atoms with Gasteiger partial charge >= 0.3 is 90.8 Å². The zero-order valence-electron chi connectivity index (χ0n) is 81.9. The van der Waals surface area contributed by atoms with Crippen molar-refractivity contribution >= 4 is 82.6 Å². The van der Waals surface area contributed by atoms with Gasteiger partial charge in [0.25, 0.3) is 0 Å². The molecule has 0 N–H and O–H groups in total. The first kappa shape index (κ1) is 165. The van der Waals surface area contributed by atoms with E-state index in [0.717, 1.165) is 64.5 Å². The van der Waals surface area contributed by atoms with Crippen LogP contribution in [0.1, 0.15) is 191 Å². The zero-order valence-corrected chi connectivity index (χ0v) is 81.9. The average Bonchev–Trinajstić information content (AvgIpc) is 0.750. The molecule has 1 rings (SSSR count). The number of Topliss-reactive ketones (excluding diaryl/α,β-unsaturated/α-hetero) is 4. The van der Waals surface area contributed by atoms with Crippen molar-refractivity contribution in [3.8, 4) is 5.75 Å². The summed E-state index contributed by atoms with van der Waals surface area (Å²) >= 11 is 0. The van der Waals surface area contributed by atoms with E-state index in [-0.39, 0.29) is 107 Å². The Labute approximate surface area is 811 Å². The summed E-state index contributed by atoms with van der Waals surface area (Å²) in [5.74, 6) is -12.4. The third kappa shape index (κ3) is 101. The van der Waals surface area contributed by atoms with Crippen molar-refractivity contribution in [2.45, 2.75) is 228 Å². The molecule has 0 heterocycles. The summed E-state index contributed by atoms with van der Waals surface area (Å²) < 4.78 is 317. The molecule has 47 heteroatoms. The van der Waals surface area contributed by atoms with Gasteiger partial charge in [-0.05, 0) is 138 Å². The molecule has 0 saturated heterocycles. The minimum Gasteiger partial charge on any atom is -0.464 e. The Morgan fingerprint density at radius 1 is 0.348 bits per heavy atom. The van der Waals surface area contributed by atoms with Crippen molar-refractivity contribution in [2.24, 2.45) is 11.3 Å². The van der Waals surface area contributed by atoms with E-state index in [1.54, 1.807) is 41.5 Å². The molecule has 1 aromatic rings. The smallest absolute Gasteiger partial charge is 0.422 e. The van der Waals surface area contributed by atoms with Gasteiger partial charge in [-0.3, -0.25) is 24.0 Å². The van der Waals surface area contributed by atoms with Crippen LogP contribution in [0.2, 0.25) is 0 Å². The summed E-state index contributed by atoms with van der Waals surface area (Å²) in [5.41, 5.74) is -10.6. The Morgan fingerprint density at radius 3 is 0.837 bits per heavy atom. The van der Waals surface area contributed by atoms with Gasteiger partial charge in [-0.25, -0.2) is 47.5 Å². The predicted octanol–water partition coefficient (Wildman–Crippen LogP) is 24.5. The Bertz CT molecular complexity index is 3910. The van der Waals surface area contributed by atoms with Crippen LogP contribution in [-0.2, 0) is 120 Å². The Kier molecular flexibility index (Phi) is 107. The lowest BCUT2D eigenvalue weighted by molar-refractivity contribution is -0.345. The molecule has 0 atom stereocenters. The van der Waals surface area contributed by atoms with Crippen molar-refractivity contribution in [1.29, 1.82) is 0 Å². The predicted molar refractivity (Wildman–Crippen MR) is 489 cm³/mol. The number of carbonyl (C=O) groups is 14. The van der Waals surface area contributed by atoms with Crippen LogP contribution in [0.25, 0.3) is 0 Å². The summed E-state index contributed by atoms with van der Waals surface area (Å²) in [7, 11) is 1.09. The average molecular weight is 2090 g/mol. The maximum Gasteiger partial charge on any atom is 0.422 e. The number of ketones is 5. The highest BCUT2D eigenvalue weighted by molar-refractivity contribution is 5.94. The van der Waals surface area contributed by atoms with Gasteiger partial charge in [0.05, 0.1) is 65.5 Å². The van der Waals surface area contributed by atoms with Crippen molar-refractivity contribution in [3.63, 3.8) is 0 Å². The van der Waals surface area contributed by atoms with E-state index in [9.17, 15) is 164 Å². The third-order valence-corrected chi connectivity index (χ3v) is 13.2. The zero-order chi connectivity index (χ0) is 114. The molecule has 0 aliphatic rings. The highest BCUT2D eigenvalue weighted by Gasteiger charge is 2.69. The van der Waals surface area contributed by atoms with Crippen molar-refractivity contribution in [2.75, 3.05) is 79.8 Å². The molecular weight excluding hydrogens is 1950 g/mol. The minimum absolute atomic E-state index is 0. The number of alkyl halides is 18. The lowest BCUT2D eigenvalue weighted by Gasteiger charge is -2.34. The molecule has 141 heavy (non-hydrogen) atoms. The maximum absolute atomic E-state index is 12.9. The van der Waals surface area contributed by atoms with Gasteiger partial charge in [0.15, 0.2) is 39.8 Å². The number of allylic oxidation sites excluding steroid dienone is 4. The van der Waals surface area contributed by atoms with Gasteiger partial charge < -0.3 is 52.1 Å². The molecule has 818 valence electrons. The second-order valence-electron chi connectivity index (χ2n) is 26.1. The van der Waals surface area contributed by atoms with Gasteiger partial charge in [-0.1, -0.05) is 168 Å². The van der Waals surface area contributed by atoms with Gasteiger partial charge in [-0.2, -0.15) is 92.2 Å². The number of carbonyl (C=O) groups excluding carboxylic acids is 14. The second-order valence-corrected chi connectivity index (χ2v) is 26.1. The van der Waals surface area contributed by atoms with Crippen molar-refractivity contribution < 1.29 is 216 Å². The highest BCUT2D eigenvalue weighted by Crippen LogP contribution is 2.52. The van der Waals surface area contributed by atoms with E-state index in [1.807, 2.05) is 48.5 Å². The number of benzene rings is 1. The molecule has 0 fully saturated rings. The number of hydrogen-bond acceptors (Lipinski definition) is 25. The number of rotatable bonds is 34. The fourth-order valence-electron chi connectivity index (χ4n) is 4.67. The third-order valence-electron chi connectivity index (χ3n) is 13.2. The quantitative estimate of drug-likeness (QED) is 0.0154. The SMILES string of the molecule is C.C.C=C(C(=O)OCCC)C(F)(F)F.C=C(C(C)=O)C(F)(F)F.C=C(C)C(=O)OCCC.C=C(C)C(=O)OCCOCC(C)(C(F)(F)F)C(F)(F)F.C=C(C)C(=O)Oc1ccc(C(C)(C(F)(F)F)C(F)(F)F)cc1.C=C(C)C(C)=O.C=C(F)C(=O)OC.C=C(F)C(=O)OCC.C=C(F)C(=O)OCCOCCC.C=C(F)C(C)=O.C=CC(=O)OCC.C=CC(=O)OCCC.C=CC(C)=O.CC.CC(=O)C(C)C. The summed E-state index contributed by atoms with van der Waals surface area (Å²) in [6.07, 6.45) is -24.6. The molecule has 0 spiro atoms. The standard InChI is InChI=1S/C14H12F6O2.C11H14F6O3.C8H13FO3.C7H9F3O2.C7H12O2.C6H10O2.C5H5F3O.C5H7FO2.C5H8O2.C5H10O.C5H8O.C4H5FO2.C4H5FO.C4H6O.C2H6.2CH4/c1-8(2)11(21)22-10-6-4-9(5-7-10)12(3,13(15,16)17)14(18,19)20;1-7(2)8(18)20-5-4-19-6-9(3,10(12,13)14)11(15,16)17;1-3-4-11-5-6-12-8(10)7(2)9;1-3-4-12-6(11)5(2)7(8,9)10;1-4-5-9-7(8)6(2)3;1-3-5-8-6(7)4-2;1-3(4(2)9)5(6,7)8;1-3-8-5(7)4(2)6;1-3-5(6)7-4-2;2*1-4(2)5(3)6;1-3(5)4(6)7-2;1-3(5)4(2)6;1-3-4(2)5;1-2;;/h4-7H,1H2,2-3H3;1,4-6H2,2-3H3;2-6H2,1H3;2-4H2,1H3;2,4-5H2,1,3H3;4H,2-3,5H2,1H3;1H2,2H3;2-3H2,1H3;3H,1,4H2,2H3;4H,1-3H3;1H2,2-3H3;1H2,2H3;1H2,2H3;3H,1H2,2H3;1-2H3;2*1H4. The monoisotopic (exact) mass is 2080 g/mol. The first-order chi connectivity index (χ1) is 62.9. The van der Waals surface area contributed by atoms with Gasteiger partial charge in [-0.15, -0.1) is 0 Å². The van der Waals surface area contributed by atoms with Gasteiger partial charge in [0, 0.05) is 48.3 Å². The van der Waals surface area contributed by atoms with E-state index >= 15 is 0 Å². The molecule has 0 aliphatic carbocycles. The topological polar surface area (TPSA) is 341 Å². The molecule has 0 unspecified atom stereocenters.